The highest BCUT2D eigenvalue weighted by Crippen LogP contribution is 2.24. The SMILES string of the molecule is CN(CCc1ccncc1)c1cc(Nc2ccccc2Cl)ncn1. The van der Waals surface area contributed by atoms with Crippen molar-refractivity contribution in [2.45, 2.75) is 6.42 Å². The Labute approximate surface area is 146 Å². The Kier molecular flexibility index (Phi) is 5.23. The summed E-state index contributed by atoms with van der Waals surface area (Å²) in [6.45, 7) is 0.854. The van der Waals surface area contributed by atoms with Crippen molar-refractivity contribution in [3.8, 4) is 0 Å². The fourth-order valence-corrected chi connectivity index (χ4v) is 2.47. The van der Waals surface area contributed by atoms with Gasteiger partial charge in [0.05, 0.1) is 10.7 Å². The van der Waals surface area contributed by atoms with Crippen LogP contribution < -0.4 is 10.2 Å². The van der Waals surface area contributed by atoms with Crippen molar-refractivity contribution in [2.75, 3.05) is 23.8 Å². The molecule has 0 radical (unpaired) electrons. The van der Waals surface area contributed by atoms with Gasteiger partial charge in [-0.2, -0.15) is 0 Å². The standard InChI is InChI=1S/C18H18ClN5/c1-24(11-8-14-6-9-20-10-7-14)18-12-17(21-13-22-18)23-16-5-3-2-4-15(16)19/h2-7,9-10,12-13H,8,11H2,1H3,(H,21,22,23). The molecule has 0 aliphatic heterocycles. The average molecular weight is 340 g/mol. The summed E-state index contributed by atoms with van der Waals surface area (Å²) in [6, 6.07) is 13.5. The van der Waals surface area contributed by atoms with Gasteiger partial charge in [-0.3, -0.25) is 4.98 Å². The van der Waals surface area contributed by atoms with Crippen LogP contribution in [0.5, 0.6) is 0 Å². The molecule has 0 unspecified atom stereocenters. The fraction of sp³-hybridized carbons (Fsp3) is 0.167. The summed E-state index contributed by atoms with van der Waals surface area (Å²) < 4.78 is 0. The number of benzene rings is 1. The first-order valence-corrected chi connectivity index (χ1v) is 8.04. The van der Waals surface area contributed by atoms with Gasteiger partial charge in [-0.15, -0.1) is 0 Å². The molecule has 0 amide bonds. The minimum Gasteiger partial charge on any atom is -0.359 e. The molecular weight excluding hydrogens is 322 g/mol. The molecule has 5 nitrogen and oxygen atoms in total. The lowest BCUT2D eigenvalue weighted by Crippen LogP contribution is -2.21. The quantitative estimate of drug-likeness (QED) is 0.737. The molecule has 2 heterocycles. The predicted octanol–water partition coefficient (Wildman–Crippen LogP) is 3.95. The zero-order chi connectivity index (χ0) is 16.8. The van der Waals surface area contributed by atoms with Gasteiger partial charge in [0.25, 0.3) is 0 Å². The molecule has 1 N–H and O–H groups in total. The molecule has 0 aliphatic carbocycles. The van der Waals surface area contributed by atoms with Gasteiger partial charge in [-0.1, -0.05) is 23.7 Å². The van der Waals surface area contributed by atoms with Crippen LogP contribution in [0.2, 0.25) is 5.02 Å². The third-order valence-electron chi connectivity index (χ3n) is 3.67. The maximum atomic E-state index is 6.17. The summed E-state index contributed by atoms with van der Waals surface area (Å²) in [7, 11) is 2.02. The van der Waals surface area contributed by atoms with E-state index in [1.165, 1.54) is 5.56 Å². The van der Waals surface area contributed by atoms with Crippen molar-refractivity contribution in [1.29, 1.82) is 0 Å². The van der Waals surface area contributed by atoms with Crippen LogP contribution in [-0.4, -0.2) is 28.5 Å². The molecule has 2 aromatic heterocycles. The summed E-state index contributed by atoms with van der Waals surface area (Å²) in [5.74, 6) is 1.57. The van der Waals surface area contributed by atoms with E-state index < -0.39 is 0 Å². The van der Waals surface area contributed by atoms with Crippen LogP contribution in [0.4, 0.5) is 17.3 Å². The van der Waals surface area contributed by atoms with Gasteiger partial charge < -0.3 is 10.2 Å². The number of pyridine rings is 1. The van der Waals surface area contributed by atoms with E-state index in [0.717, 1.165) is 24.5 Å². The summed E-state index contributed by atoms with van der Waals surface area (Å²) in [6.07, 6.45) is 6.10. The maximum Gasteiger partial charge on any atom is 0.135 e. The van der Waals surface area contributed by atoms with Crippen LogP contribution >= 0.6 is 11.6 Å². The Morgan fingerprint density at radius 2 is 1.88 bits per heavy atom. The number of para-hydroxylation sites is 1. The Hall–Kier alpha value is -2.66. The van der Waals surface area contributed by atoms with Gasteiger partial charge in [0.15, 0.2) is 0 Å². The molecule has 0 fully saturated rings. The van der Waals surface area contributed by atoms with E-state index in [9.17, 15) is 0 Å². The van der Waals surface area contributed by atoms with Crippen LogP contribution in [0.3, 0.4) is 0 Å². The first-order valence-electron chi connectivity index (χ1n) is 7.66. The van der Waals surface area contributed by atoms with Crippen molar-refractivity contribution in [3.05, 3.63) is 71.8 Å². The van der Waals surface area contributed by atoms with E-state index in [1.807, 2.05) is 61.9 Å². The van der Waals surface area contributed by atoms with Gasteiger partial charge in [-0.05, 0) is 36.2 Å². The van der Waals surface area contributed by atoms with E-state index in [0.29, 0.717) is 10.8 Å². The summed E-state index contributed by atoms with van der Waals surface area (Å²) in [5, 5.41) is 3.88. The number of hydrogen-bond acceptors (Lipinski definition) is 5. The van der Waals surface area contributed by atoms with E-state index in [2.05, 4.69) is 25.2 Å². The molecule has 0 bridgehead atoms. The monoisotopic (exact) mass is 339 g/mol. The third kappa shape index (κ3) is 4.20. The third-order valence-corrected chi connectivity index (χ3v) is 4.00. The number of anilines is 3. The normalized spacial score (nSPS) is 10.4. The number of nitrogens with one attached hydrogen (secondary N) is 1. The minimum atomic E-state index is 0.656. The highest BCUT2D eigenvalue weighted by atomic mass is 35.5. The number of likely N-dealkylation sites (N-methyl/N-ethyl adjacent to an activating group) is 1. The first-order chi connectivity index (χ1) is 11.7. The number of rotatable bonds is 6. The highest BCUT2D eigenvalue weighted by molar-refractivity contribution is 6.33. The number of hydrogen-bond donors (Lipinski definition) is 1. The number of aromatic nitrogens is 3. The molecule has 0 saturated carbocycles. The molecule has 3 rings (SSSR count). The van der Waals surface area contributed by atoms with Gasteiger partial charge in [0, 0.05) is 32.1 Å². The molecule has 3 aromatic rings. The van der Waals surface area contributed by atoms with Gasteiger partial charge in [-0.25, -0.2) is 9.97 Å². The molecule has 24 heavy (non-hydrogen) atoms. The second kappa shape index (κ2) is 7.75. The van der Waals surface area contributed by atoms with E-state index in [-0.39, 0.29) is 0 Å². The van der Waals surface area contributed by atoms with E-state index in [4.69, 9.17) is 11.6 Å². The highest BCUT2D eigenvalue weighted by Gasteiger charge is 2.06. The summed E-state index contributed by atoms with van der Waals surface area (Å²) in [5.41, 5.74) is 2.07. The smallest absolute Gasteiger partial charge is 0.135 e. The summed E-state index contributed by atoms with van der Waals surface area (Å²) in [4.78, 5) is 14.7. The molecular formula is C18H18ClN5. The Morgan fingerprint density at radius 3 is 2.67 bits per heavy atom. The predicted molar refractivity (Wildman–Crippen MR) is 98.0 cm³/mol. The second-order valence-corrected chi connectivity index (χ2v) is 5.80. The molecule has 122 valence electrons. The zero-order valence-electron chi connectivity index (χ0n) is 13.4. The van der Waals surface area contributed by atoms with Gasteiger partial charge in [0.2, 0.25) is 0 Å². The van der Waals surface area contributed by atoms with Gasteiger partial charge >= 0.3 is 0 Å². The lowest BCUT2D eigenvalue weighted by molar-refractivity contribution is 0.855. The van der Waals surface area contributed by atoms with Crippen molar-refractivity contribution in [2.24, 2.45) is 0 Å². The summed E-state index contributed by atoms with van der Waals surface area (Å²) >= 11 is 6.17. The number of halogens is 1. The average Bonchev–Trinajstić information content (AvgIpc) is 2.63. The van der Waals surface area contributed by atoms with Crippen LogP contribution in [0.1, 0.15) is 5.56 Å². The zero-order valence-corrected chi connectivity index (χ0v) is 14.1. The van der Waals surface area contributed by atoms with E-state index in [1.54, 1.807) is 6.33 Å². The molecule has 0 saturated heterocycles. The van der Waals surface area contributed by atoms with Crippen LogP contribution in [0.15, 0.2) is 61.2 Å². The number of nitrogens with zero attached hydrogens (tertiary/aromatic N) is 4. The van der Waals surface area contributed by atoms with Gasteiger partial charge in [0.1, 0.15) is 18.0 Å². The molecule has 0 aliphatic rings. The van der Waals surface area contributed by atoms with Crippen LogP contribution in [0, 0.1) is 0 Å². The largest absolute Gasteiger partial charge is 0.359 e. The van der Waals surface area contributed by atoms with Crippen molar-refractivity contribution >= 4 is 28.9 Å². The first kappa shape index (κ1) is 16.2. The second-order valence-electron chi connectivity index (χ2n) is 5.39. The van der Waals surface area contributed by atoms with Crippen molar-refractivity contribution in [1.82, 2.24) is 15.0 Å². The van der Waals surface area contributed by atoms with Crippen molar-refractivity contribution in [3.63, 3.8) is 0 Å². The Balaban J connectivity index is 1.67. The lowest BCUT2D eigenvalue weighted by atomic mass is 10.2. The van der Waals surface area contributed by atoms with E-state index >= 15 is 0 Å². The molecule has 0 spiro atoms. The van der Waals surface area contributed by atoms with Crippen molar-refractivity contribution < 1.29 is 0 Å². The molecule has 1 aromatic carbocycles. The minimum absolute atomic E-state index is 0.656. The fourth-order valence-electron chi connectivity index (χ4n) is 2.29. The lowest BCUT2D eigenvalue weighted by Gasteiger charge is -2.18. The van der Waals surface area contributed by atoms with Crippen LogP contribution in [0.25, 0.3) is 0 Å². The maximum absolute atomic E-state index is 6.17. The topological polar surface area (TPSA) is 53.9 Å². The molecule has 6 heteroatoms. The Bertz CT molecular complexity index is 794. The molecule has 0 atom stereocenters. The Morgan fingerprint density at radius 1 is 1.08 bits per heavy atom. The van der Waals surface area contributed by atoms with Crippen LogP contribution in [-0.2, 0) is 6.42 Å².